The van der Waals surface area contributed by atoms with Crippen molar-refractivity contribution in [3.63, 3.8) is 0 Å². The van der Waals surface area contributed by atoms with Crippen LogP contribution in [0.25, 0.3) is 0 Å². The average molecular weight is 893 g/mol. The predicted molar refractivity (Wildman–Crippen MR) is 243 cm³/mol. The maximum absolute atomic E-state index is 13.9. The fourth-order valence-electron chi connectivity index (χ4n) is 10.5. The highest BCUT2D eigenvalue weighted by atomic mass is 16.3. The van der Waals surface area contributed by atoms with Crippen LogP contribution < -0.4 is 42.5 Å². The molecule has 4 aliphatic rings. The van der Waals surface area contributed by atoms with E-state index in [1.807, 2.05) is 46.8 Å². The lowest BCUT2D eigenvalue weighted by Gasteiger charge is -2.28. The summed E-state index contributed by atoms with van der Waals surface area (Å²) in [6.45, 7) is 12.6. The Morgan fingerprint density at radius 3 is 1.80 bits per heavy atom. The van der Waals surface area contributed by atoms with Gasteiger partial charge in [0.15, 0.2) is 0 Å². The van der Waals surface area contributed by atoms with Crippen LogP contribution in [0, 0.1) is 41.4 Å². The van der Waals surface area contributed by atoms with Crippen LogP contribution in [0.2, 0.25) is 0 Å². The largest absolute Gasteiger partial charge is 0.508 e. The molecule has 3 saturated carbocycles. The van der Waals surface area contributed by atoms with E-state index in [4.69, 9.17) is 0 Å². The summed E-state index contributed by atoms with van der Waals surface area (Å²) in [5.74, 6) is -2.89. The van der Waals surface area contributed by atoms with Gasteiger partial charge in [-0.1, -0.05) is 59.1 Å². The molecule has 64 heavy (non-hydrogen) atoms. The van der Waals surface area contributed by atoms with Crippen LogP contribution in [0.5, 0.6) is 5.75 Å². The third kappa shape index (κ3) is 14.9. The molecule has 1 aromatic carbocycles. The molecule has 0 bridgehead atoms. The Hall–Kier alpha value is -4.73. The summed E-state index contributed by atoms with van der Waals surface area (Å²) in [5.41, 5.74) is 0.985. The molecule has 0 aromatic heterocycles. The number of carbonyl (C=O) groups is 7. The molecule has 9 N–H and O–H groups in total. The van der Waals surface area contributed by atoms with E-state index in [0.717, 1.165) is 31.2 Å². The van der Waals surface area contributed by atoms with Crippen molar-refractivity contribution in [2.45, 2.75) is 161 Å². The molecule has 356 valence electrons. The Balaban J connectivity index is 1.11. The summed E-state index contributed by atoms with van der Waals surface area (Å²) in [5, 5.41) is 34.3. The minimum Gasteiger partial charge on any atom is -0.508 e. The Morgan fingerprint density at radius 2 is 1.19 bits per heavy atom. The van der Waals surface area contributed by atoms with Crippen molar-refractivity contribution in [1.29, 1.82) is 0 Å². The standard InChI is InChI=1S/C48H76N8O8/c1-27(2)20-32(24-50-45(61)35-10-7-13-39(35)52-30(6)57)44(60)55-40-14-9-12-37(40)47(63)56-41-15-8-11-36(41)46(62)53-33(21-28(3)4)23-43(59)54-42-26-49-25-38(42)48(64)51-29(5)22-31-16-18-34(58)19-17-31/h16-19,27-29,32-33,35-42,49,58H,7-15,20-26H2,1-6H3,(H,50,61)(H,51,64)(H,52,57)(H,53,62)(H,54,59)(H,55,60)(H,56,63)/t29-,32+,33+,35?,36?,37?,38?,39?,40?,41?,42?/m1/s1. The number of hydrogen-bond donors (Lipinski definition) is 9. The van der Waals surface area contributed by atoms with E-state index < -0.39 is 35.8 Å². The van der Waals surface area contributed by atoms with Gasteiger partial charge in [-0.3, -0.25) is 33.6 Å². The molecular formula is C48H76N8O8. The van der Waals surface area contributed by atoms with Crippen LogP contribution in [-0.2, 0) is 40.0 Å². The van der Waals surface area contributed by atoms with Gasteiger partial charge in [-0.25, -0.2) is 0 Å². The average Bonchev–Trinajstić information content (AvgIpc) is 4.05. The van der Waals surface area contributed by atoms with E-state index in [1.54, 1.807) is 12.1 Å². The van der Waals surface area contributed by atoms with Crippen molar-refractivity contribution in [2.75, 3.05) is 19.6 Å². The maximum Gasteiger partial charge on any atom is 0.226 e. The van der Waals surface area contributed by atoms with Gasteiger partial charge >= 0.3 is 0 Å². The Labute approximate surface area is 379 Å². The Morgan fingerprint density at radius 1 is 0.625 bits per heavy atom. The Bertz CT molecular complexity index is 1770. The van der Waals surface area contributed by atoms with E-state index in [1.165, 1.54) is 6.92 Å². The molecule has 1 saturated heterocycles. The van der Waals surface area contributed by atoms with Crippen LogP contribution in [0.1, 0.15) is 124 Å². The van der Waals surface area contributed by atoms with Crippen molar-refractivity contribution in [3.8, 4) is 5.75 Å². The van der Waals surface area contributed by atoms with E-state index in [-0.39, 0.29) is 102 Å². The highest BCUT2D eigenvalue weighted by Crippen LogP contribution is 2.31. The van der Waals surface area contributed by atoms with E-state index >= 15 is 0 Å². The van der Waals surface area contributed by atoms with Crippen molar-refractivity contribution in [2.24, 2.45) is 41.4 Å². The summed E-state index contributed by atoms with van der Waals surface area (Å²) in [6, 6.07) is 4.93. The molecule has 1 heterocycles. The van der Waals surface area contributed by atoms with Crippen LogP contribution in [0.15, 0.2) is 24.3 Å². The van der Waals surface area contributed by atoms with Crippen molar-refractivity contribution < 1.29 is 38.7 Å². The third-order valence-corrected chi connectivity index (χ3v) is 13.5. The zero-order valence-electron chi connectivity index (χ0n) is 38.9. The topological polar surface area (TPSA) is 236 Å². The first kappa shape index (κ1) is 50.3. The summed E-state index contributed by atoms with van der Waals surface area (Å²) in [4.78, 5) is 93.3. The van der Waals surface area contributed by atoms with Crippen LogP contribution >= 0.6 is 0 Å². The highest BCUT2D eigenvalue weighted by Gasteiger charge is 2.41. The molecule has 5 rings (SSSR count). The van der Waals surface area contributed by atoms with Gasteiger partial charge in [0.1, 0.15) is 5.75 Å². The molecule has 3 aliphatic carbocycles. The van der Waals surface area contributed by atoms with Crippen LogP contribution in [-0.4, -0.2) is 102 Å². The lowest BCUT2D eigenvalue weighted by Crippen LogP contribution is -2.52. The zero-order chi connectivity index (χ0) is 46.5. The maximum atomic E-state index is 13.9. The van der Waals surface area contributed by atoms with Gasteiger partial charge in [0.2, 0.25) is 41.4 Å². The van der Waals surface area contributed by atoms with E-state index in [2.05, 4.69) is 42.5 Å². The molecule has 16 heteroatoms. The molecule has 0 spiro atoms. The van der Waals surface area contributed by atoms with Crippen LogP contribution in [0.3, 0.4) is 0 Å². The molecule has 8 unspecified atom stereocenters. The number of phenols is 1. The first-order chi connectivity index (χ1) is 30.5. The molecule has 1 aromatic rings. The summed E-state index contributed by atoms with van der Waals surface area (Å²) in [7, 11) is 0. The predicted octanol–water partition coefficient (Wildman–Crippen LogP) is 2.72. The number of carbonyl (C=O) groups excluding carboxylic acids is 7. The first-order valence-electron chi connectivity index (χ1n) is 24.0. The van der Waals surface area contributed by atoms with E-state index in [9.17, 15) is 38.7 Å². The first-order valence-corrected chi connectivity index (χ1v) is 24.0. The number of rotatable bonds is 21. The molecular weight excluding hydrogens is 817 g/mol. The quantitative estimate of drug-likeness (QED) is 0.0882. The smallest absolute Gasteiger partial charge is 0.226 e. The SMILES string of the molecule is CC(=O)NC1CCCC1C(=O)NC[C@H](CC(C)C)C(=O)NC1CCCC1C(=O)NC1CCCC1C(=O)N[C@H](CC(=O)NC1CNCC1C(=O)N[C@H](C)Cc1ccc(O)cc1)CC(C)C. The van der Waals surface area contributed by atoms with Crippen molar-refractivity contribution >= 4 is 41.4 Å². The number of amides is 7. The summed E-state index contributed by atoms with van der Waals surface area (Å²) < 4.78 is 0. The number of aromatic hydroxyl groups is 1. The van der Waals surface area contributed by atoms with Gasteiger partial charge < -0.3 is 47.6 Å². The Kier molecular flexibility index (Phi) is 18.8. The number of phenolic OH excluding ortho intramolecular Hbond substituents is 1. The molecule has 7 amide bonds. The monoisotopic (exact) mass is 893 g/mol. The second-order valence-electron chi connectivity index (χ2n) is 20.0. The normalized spacial score (nSPS) is 26.8. The van der Waals surface area contributed by atoms with Gasteiger partial charge in [0.05, 0.1) is 35.6 Å². The molecule has 4 fully saturated rings. The van der Waals surface area contributed by atoms with Gasteiger partial charge in [-0.05, 0) is 94.2 Å². The second kappa shape index (κ2) is 24.0. The van der Waals surface area contributed by atoms with Gasteiger partial charge in [-0.2, -0.15) is 0 Å². The number of nitrogens with one attached hydrogen (secondary N) is 8. The summed E-state index contributed by atoms with van der Waals surface area (Å²) >= 11 is 0. The van der Waals surface area contributed by atoms with Crippen molar-refractivity contribution in [1.82, 2.24) is 42.5 Å². The zero-order valence-corrected chi connectivity index (χ0v) is 38.9. The van der Waals surface area contributed by atoms with Gasteiger partial charge in [-0.15, -0.1) is 0 Å². The number of benzene rings is 1. The van der Waals surface area contributed by atoms with Gasteiger partial charge in [0.25, 0.3) is 0 Å². The lowest BCUT2D eigenvalue weighted by atomic mass is 9.94. The van der Waals surface area contributed by atoms with E-state index in [0.29, 0.717) is 64.5 Å². The molecule has 16 nitrogen and oxygen atoms in total. The van der Waals surface area contributed by atoms with Crippen LogP contribution in [0.4, 0.5) is 0 Å². The second-order valence-corrected chi connectivity index (χ2v) is 20.0. The molecule has 1 aliphatic heterocycles. The lowest BCUT2D eigenvalue weighted by molar-refractivity contribution is -0.130. The summed E-state index contributed by atoms with van der Waals surface area (Å²) in [6.07, 6.45) is 8.13. The molecule has 0 radical (unpaired) electrons. The fourth-order valence-corrected chi connectivity index (χ4v) is 10.5. The molecule has 11 atom stereocenters. The fraction of sp³-hybridized carbons (Fsp3) is 0.729. The number of hydrogen-bond acceptors (Lipinski definition) is 9. The third-order valence-electron chi connectivity index (χ3n) is 13.5. The van der Waals surface area contributed by atoms with Crippen molar-refractivity contribution in [3.05, 3.63) is 29.8 Å². The van der Waals surface area contributed by atoms with Gasteiger partial charge in [0, 0.05) is 63.2 Å². The minimum atomic E-state index is -0.481. The highest BCUT2D eigenvalue weighted by molar-refractivity contribution is 5.87. The minimum absolute atomic E-state index is 0.0544.